The average molecular weight is 1060 g/mol. The lowest BCUT2D eigenvalue weighted by Gasteiger charge is -2.28. The number of rotatable bonds is 10. The molecule has 82 heavy (non-hydrogen) atoms. The van der Waals surface area contributed by atoms with E-state index in [1.165, 1.54) is 22.3 Å². The maximum atomic E-state index is 7.04. The molecular formula is C78H62N2O2. The van der Waals surface area contributed by atoms with Crippen LogP contribution in [0.25, 0.3) is 99.2 Å². The lowest BCUT2D eigenvalue weighted by molar-refractivity contribution is 0.590. The van der Waals surface area contributed by atoms with Gasteiger partial charge >= 0.3 is 0 Å². The van der Waals surface area contributed by atoms with E-state index < -0.39 is 0 Å². The molecule has 4 heteroatoms. The number of anilines is 6. The summed E-state index contributed by atoms with van der Waals surface area (Å²) in [6.07, 6.45) is 0. The van der Waals surface area contributed by atoms with Gasteiger partial charge < -0.3 is 18.6 Å². The number of hydrogen-bond acceptors (Lipinski definition) is 4. The van der Waals surface area contributed by atoms with Gasteiger partial charge in [0.1, 0.15) is 11.2 Å². The van der Waals surface area contributed by atoms with Crippen LogP contribution in [0.3, 0.4) is 0 Å². The Balaban J connectivity index is 0.898. The predicted molar refractivity (Wildman–Crippen MR) is 347 cm³/mol. The smallest absolute Gasteiger partial charge is 0.178 e. The van der Waals surface area contributed by atoms with Crippen LogP contribution in [0.2, 0.25) is 0 Å². The molecule has 0 saturated carbocycles. The van der Waals surface area contributed by atoms with Crippen LogP contribution in [-0.2, 0) is 10.8 Å². The van der Waals surface area contributed by atoms with Gasteiger partial charge in [-0.25, -0.2) is 0 Å². The van der Waals surface area contributed by atoms with E-state index in [1.54, 1.807) is 0 Å². The minimum absolute atomic E-state index is 0.00628. The molecule has 2 aromatic heterocycles. The van der Waals surface area contributed by atoms with Crippen LogP contribution in [0, 0.1) is 0 Å². The van der Waals surface area contributed by atoms with Gasteiger partial charge in [0.2, 0.25) is 0 Å². The summed E-state index contributed by atoms with van der Waals surface area (Å²) in [7, 11) is 0. The Morgan fingerprint density at radius 3 is 1.01 bits per heavy atom. The third kappa shape index (κ3) is 9.36. The van der Waals surface area contributed by atoms with Gasteiger partial charge in [-0.2, -0.15) is 0 Å². The summed E-state index contributed by atoms with van der Waals surface area (Å²) in [5.41, 5.74) is 21.2. The zero-order valence-corrected chi connectivity index (χ0v) is 47.1. The summed E-state index contributed by atoms with van der Waals surface area (Å²) < 4.78 is 14.0. The van der Waals surface area contributed by atoms with Crippen molar-refractivity contribution in [3.05, 3.63) is 278 Å². The Kier molecular flexibility index (Phi) is 12.3. The predicted octanol–water partition coefficient (Wildman–Crippen LogP) is 22.8. The fourth-order valence-electron chi connectivity index (χ4n) is 11.8. The molecular weight excluding hydrogens is 997 g/mol. The average Bonchev–Trinajstić information content (AvgIpc) is 4.10. The van der Waals surface area contributed by atoms with Crippen molar-refractivity contribution in [3.8, 4) is 44.5 Å². The first-order valence-electron chi connectivity index (χ1n) is 28.4. The van der Waals surface area contributed by atoms with Gasteiger partial charge in [0.25, 0.3) is 0 Å². The van der Waals surface area contributed by atoms with Crippen molar-refractivity contribution in [2.75, 3.05) is 9.80 Å². The molecule has 0 bridgehead atoms. The molecule has 0 fully saturated rings. The van der Waals surface area contributed by atoms with Gasteiger partial charge in [-0.1, -0.05) is 193 Å². The molecule has 0 atom stereocenters. The van der Waals surface area contributed by atoms with Crippen molar-refractivity contribution in [2.45, 2.75) is 52.4 Å². The third-order valence-corrected chi connectivity index (χ3v) is 16.3. The van der Waals surface area contributed by atoms with Crippen LogP contribution >= 0.6 is 0 Å². The van der Waals surface area contributed by atoms with Crippen molar-refractivity contribution in [2.24, 2.45) is 0 Å². The molecule has 0 aliphatic rings. The number of fused-ring (bicyclic) bond motifs is 8. The van der Waals surface area contributed by atoms with Gasteiger partial charge in [-0.15, -0.1) is 0 Å². The topological polar surface area (TPSA) is 32.8 Å². The van der Waals surface area contributed by atoms with Crippen molar-refractivity contribution in [3.63, 3.8) is 0 Å². The number of nitrogens with zero attached hydrogens (tertiary/aromatic N) is 2. The first-order valence-corrected chi connectivity index (χ1v) is 28.4. The molecule has 0 spiro atoms. The first-order chi connectivity index (χ1) is 39.9. The van der Waals surface area contributed by atoms with Crippen LogP contribution in [0.5, 0.6) is 0 Å². The minimum atomic E-state index is 0.00628. The van der Waals surface area contributed by atoms with Gasteiger partial charge in [-0.3, -0.25) is 0 Å². The quantitative estimate of drug-likeness (QED) is 0.137. The molecule has 4 nitrogen and oxygen atoms in total. The van der Waals surface area contributed by atoms with E-state index in [-0.39, 0.29) is 10.8 Å². The highest BCUT2D eigenvalue weighted by Crippen LogP contribution is 2.46. The first kappa shape index (κ1) is 50.3. The monoisotopic (exact) mass is 1060 g/mol. The lowest BCUT2D eigenvalue weighted by atomic mass is 9.87. The van der Waals surface area contributed by atoms with Crippen LogP contribution < -0.4 is 9.80 Å². The molecule has 14 rings (SSSR count). The molecule has 12 aromatic carbocycles. The van der Waals surface area contributed by atoms with E-state index in [0.717, 1.165) is 122 Å². The molecule has 14 aromatic rings. The Labute approximate surface area is 479 Å². The molecule has 0 N–H and O–H groups in total. The molecule has 0 saturated heterocycles. The van der Waals surface area contributed by atoms with E-state index in [9.17, 15) is 0 Å². The molecule has 0 aliphatic carbocycles. The largest absolute Gasteiger partial charge is 0.452 e. The summed E-state index contributed by atoms with van der Waals surface area (Å²) in [5.74, 6) is 0. The fourth-order valence-corrected chi connectivity index (χ4v) is 11.8. The maximum absolute atomic E-state index is 7.04. The fraction of sp³-hybridized carbons (Fsp3) is 0.103. The van der Waals surface area contributed by atoms with Crippen molar-refractivity contribution >= 4 is 88.8 Å². The van der Waals surface area contributed by atoms with Crippen LogP contribution in [0.1, 0.15) is 52.7 Å². The van der Waals surface area contributed by atoms with Crippen molar-refractivity contribution in [1.29, 1.82) is 0 Å². The maximum Gasteiger partial charge on any atom is 0.178 e. The SMILES string of the molecule is CC(C)(C)c1ccc(N(c2cc(-c3ccccc3)cc(-c3ccccc3)c2)c2ccc3cc4c(cc3c2)oc2c4ccc3c4ccc(N(c5ccc(C(C)(C)C)cc5)c5cc(-c6ccccc6)cc(-c6ccccc6)c5)cc4oc32)cc1. The highest BCUT2D eigenvalue weighted by Gasteiger charge is 2.24. The number of benzene rings is 12. The van der Waals surface area contributed by atoms with Crippen molar-refractivity contribution in [1.82, 2.24) is 0 Å². The minimum Gasteiger partial charge on any atom is -0.452 e. The summed E-state index contributed by atoms with van der Waals surface area (Å²) in [6.45, 7) is 13.6. The van der Waals surface area contributed by atoms with Crippen molar-refractivity contribution < 1.29 is 8.83 Å². The third-order valence-electron chi connectivity index (χ3n) is 16.3. The van der Waals surface area contributed by atoms with Crippen LogP contribution in [-0.4, -0.2) is 0 Å². The second-order valence-electron chi connectivity index (χ2n) is 23.8. The summed E-state index contributed by atoms with van der Waals surface area (Å²) in [6, 6.07) is 96.9. The normalized spacial score (nSPS) is 12.0. The van der Waals surface area contributed by atoms with E-state index in [1.807, 2.05) is 0 Å². The lowest BCUT2D eigenvalue weighted by Crippen LogP contribution is -2.13. The Bertz CT molecular complexity index is 4550. The van der Waals surface area contributed by atoms with Gasteiger partial charge in [0.15, 0.2) is 11.2 Å². The van der Waals surface area contributed by atoms with Gasteiger partial charge in [0.05, 0.1) is 0 Å². The van der Waals surface area contributed by atoms with Crippen LogP contribution in [0.15, 0.2) is 276 Å². The Morgan fingerprint density at radius 2 is 0.598 bits per heavy atom. The second-order valence-corrected chi connectivity index (χ2v) is 23.8. The molecule has 0 aliphatic heterocycles. The molecule has 0 radical (unpaired) electrons. The summed E-state index contributed by atoms with van der Waals surface area (Å²) in [4.78, 5) is 4.75. The van der Waals surface area contributed by atoms with E-state index >= 15 is 0 Å². The molecule has 0 amide bonds. The molecule has 0 unspecified atom stereocenters. The summed E-state index contributed by atoms with van der Waals surface area (Å²) >= 11 is 0. The second kappa shape index (κ2) is 20.0. The Morgan fingerprint density at radius 1 is 0.244 bits per heavy atom. The molecule has 2 heterocycles. The van der Waals surface area contributed by atoms with E-state index in [4.69, 9.17) is 8.83 Å². The zero-order valence-electron chi connectivity index (χ0n) is 47.1. The molecule has 396 valence electrons. The standard InChI is InChI=1S/C78H62N2O2/c1-77(2,3)61-28-33-63(34-29-61)79(67-44-56(51-19-11-7-12-20-51)41-57(45-67)52-21-13-8-14-22-52)65-32-27-55-48-72-71-40-39-70-69-38-37-66(50-74(69)82-75(70)76(71)81-73(72)49-60(55)43-65)80(64-35-30-62(31-36-64)78(4,5)6)68-46-58(53-23-15-9-16-24-53)42-59(47-68)54-25-17-10-18-26-54/h7-50H,1-6H3. The van der Waals surface area contributed by atoms with Gasteiger partial charge in [-0.05, 0) is 186 Å². The van der Waals surface area contributed by atoms with E-state index in [0.29, 0.717) is 0 Å². The van der Waals surface area contributed by atoms with Crippen LogP contribution in [0.4, 0.5) is 34.1 Å². The number of furan rings is 2. The highest BCUT2D eigenvalue weighted by atomic mass is 16.4. The van der Waals surface area contributed by atoms with Gasteiger partial charge in [0, 0.05) is 61.7 Å². The Hall–Kier alpha value is -9.90. The highest BCUT2D eigenvalue weighted by molar-refractivity contribution is 6.20. The summed E-state index contributed by atoms with van der Waals surface area (Å²) in [5, 5.41) is 6.32. The van der Waals surface area contributed by atoms with E-state index in [2.05, 4.69) is 318 Å². The number of hydrogen-bond donors (Lipinski definition) is 0. The zero-order chi connectivity index (χ0) is 55.7.